The van der Waals surface area contributed by atoms with E-state index in [9.17, 15) is 14.4 Å². The van der Waals surface area contributed by atoms with E-state index >= 15 is 0 Å². The normalized spacial score (nSPS) is 9.94. The van der Waals surface area contributed by atoms with Gasteiger partial charge in [0, 0.05) is 25.7 Å². The van der Waals surface area contributed by atoms with Crippen LogP contribution in [0.5, 0.6) is 0 Å². The number of carbonyl (C=O) groups is 3. The number of nitrogens with zero attached hydrogens (tertiary/aromatic N) is 1. The summed E-state index contributed by atoms with van der Waals surface area (Å²) >= 11 is 0. The maximum Gasteiger partial charge on any atom is 0.409 e. The highest BCUT2D eigenvalue weighted by Crippen LogP contribution is 1.93. The number of hydrogen-bond donors (Lipinski definition) is 0. The Morgan fingerprint density at radius 3 is 2.22 bits per heavy atom. The first-order valence-electron chi connectivity index (χ1n) is 5.23. The van der Waals surface area contributed by atoms with Crippen LogP contribution in [-0.2, 0) is 23.8 Å². The summed E-state index contributed by atoms with van der Waals surface area (Å²) in [5, 5.41) is 0. The predicted molar refractivity (Wildman–Crippen MR) is 61.8 cm³/mol. The van der Waals surface area contributed by atoms with E-state index in [4.69, 9.17) is 4.74 Å². The molecule has 0 N–H and O–H groups in total. The number of hydrogen-bond acceptors (Lipinski definition) is 6. The van der Waals surface area contributed by atoms with Crippen LogP contribution < -0.4 is 0 Å². The SMILES string of the molecule is COC(=O)/C=C/C(=O)OCCCN(C)C(=O)OC. The molecule has 0 rings (SSSR count). The lowest BCUT2D eigenvalue weighted by Crippen LogP contribution is -2.28. The van der Waals surface area contributed by atoms with Gasteiger partial charge in [-0.1, -0.05) is 0 Å². The largest absolute Gasteiger partial charge is 0.466 e. The van der Waals surface area contributed by atoms with Crippen molar-refractivity contribution < 1.29 is 28.6 Å². The first-order valence-corrected chi connectivity index (χ1v) is 5.23. The van der Waals surface area contributed by atoms with E-state index < -0.39 is 18.0 Å². The Hall–Kier alpha value is -2.05. The van der Waals surface area contributed by atoms with Crippen molar-refractivity contribution in [3.63, 3.8) is 0 Å². The molecule has 0 aliphatic rings. The monoisotopic (exact) mass is 259 g/mol. The maximum absolute atomic E-state index is 11.1. The topological polar surface area (TPSA) is 82.1 Å². The lowest BCUT2D eigenvalue weighted by atomic mass is 10.4. The van der Waals surface area contributed by atoms with Crippen LogP contribution in [-0.4, -0.2) is 57.4 Å². The summed E-state index contributed by atoms with van der Waals surface area (Å²) in [5.41, 5.74) is 0. The van der Waals surface area contributed by atoms with Crippen LogP contribution in [0.1, 0.15) is 6.42 Å². The van der Waals surface area contributed by atoms with Crippen LogP contribution in [0.25, 0.3) is 0 Å². The molecule has 0 aliphatic carbocycles. The van der Waals surface area contributed by atoms with Gasteiger partial charge < -0.3 is 19.1 Å². The summed E-state index contributed by atoms with van der Waals surface area (Å²) in [4.78, 5) is 34.1. The highest BCUT2D eigenvalue weighted by molar-refractivity contribution is 5.91. The lowest BCUT2D eigenvalue weighted by molar-refractivity contribution is -0.139. The molecule has 102 valence electrons. The second-order valence-corrected chi connectivity index (χ2v) is 3.27. The minimum absolute atomic E-state index is 0.145. The summed E-state index contributed by atoms with van der Waals surface area (Å²) in [6.07, 6.45) is 1.98. The van der Waals surface area contributed by atoms with Crippen molar-refractivity contribution in [3.05, 3.63) is 12.2 Å². The quantitative estimate of drug-likeness (QED) is 0.296. The van der Waals surface area contributed by atoms with Crippen molar-refractivity contribution in [1.82, 2.24) is 4.90 Å². The van der Waals surface area contributed by atoms with E-state index in [1.807, 2.05) is 0 Å². The molecule has 18 heavy (non-hydrogen) atoms. The summed E-state index contributed by atoms with van der Waals surface area (Å²) in [7, 11) is 4.07. The van der Waals surface area contributed by atoms with Crippen LogP contribution in [0, 0.1) is 0 Å². The molecule has 0 saturated heterocycles. The molecule has 0 spiro atoms. The molecule has 0 aromatic carbocycles. The molecule has 0 aromatic rings. The molecule has 0 heterocycles. The second kappa shape index (κ2) is 9.03. The molecular formula is C11H17NO6. The molecule has 0 radical (unpaired) electrons. The number of methoxy groups -OCH3 is 2. The van der Waals surface area contributed by atoms with E-state index in [0.717, 1.165) is 12.2 Å². The van der Waals surface area contributed by atoms with E-state index in [0.29, 0.717) is 13.0 Å². The summed E-state index contributed by atoms with van der Waals surface area (Å²) in [5.74, 6) is -1.27. The Labute approximate surface area is 105 Å². The van der Waals surface area contributed by atoms with Crippen molar-refractivity contribution in [3.8, 4) is 0 Å². The Kier molecular flexibility index (Phi) is 8.00. The van der Waals surface area contributed by atoms with Gasteiger partial charge in [-0.15, -0.1) is 0 Å². The van der Waals surface area contributed by atoms with Crippen LogP contribution in [0.3, 0.4) is 0 Å². The van der Waals surface area contributed by atoms with Crippen LogP contribution >= 0.6 is 0 Å². The Morgan fingerprint density at radius 2 is 1.67 bits per heavy atom. The molecule has 0 fully saturated rings. The lowest BCUT2D eigenvalue weighted by Gasteiger charge is -2.14. The zero-order chi connectivity index (χ0) is 14.0. The van der Waals surface area contributed by atoms with Gasteiger partial charge in [-0.25, -0.2) is 14.4 Å². The number of rotatable bonds is 6. The van der Waals surface area contributed by atoms with Gasteiger partial charge in [0.2, 0.25) is 0 Å². The fraction of sp³-hybridized carbons (Fsp3) is 0.545. The summed E-state index contributed by atoms with van der Waals surface area (Å²) < 4.78 is 13.6. The first kappa shape index (κ1) is 16.0. The third-order valence-corrected chi connectivity index (χ3v) is 1.93. The Bertz CT molecular complexity index is 325. The fourth-order valence-electron chi connectivity index (χ4n) is 0.974. The van der Waals surface area contributed by atoms with Gasteiger partial charge in [0.25, 0.3) is 0 Å². The third kappa shape index (κ3) is 7.26. The van der Waals surface area contributed by atoms with E-state index in [1.54, 1.807) is 7.05 Å². The minimum atomic E-state index is -0.638. The average molecular weight is 259 g/mol. The van der Waals surface area contributed by atoms with Gasteiger partial charge in [-0.3, -0.25) is 0 Å². The predicted octanol–water partition coefficient (Wildman–Crippen LogP) is 0.347. The zero-order valence-corrected chi connectivity index (χ0v) is 10.7. The standard InChI is InChI=1S/C11H17NO6/c1-12(11(15)17-3)7-4-8-18-10(14)6-5-9(13)16-2/h5-6H,4,7-8H2,1-3H3/b6-5+. The molecule has 0 atom stereocenters. The molecular weight excluding hydrogens is 242 g/mol. The first-order chi connectivity index (χ1) is 8.51. The van der Waals surface area contributed by atoms with Crippen molar-refractivity contribution >= 4 is 18.0 Å². The number of esters is 2. The molecule has 1 amide bonds. The van der Waals surface area contributed by atoms with Gasteiger partial charge >= 0.3 is 18.0 Å². The van der Waals surface area contributed by atoms with Crippen LogP contribution in [0.15, 0.2) is 12.2 Å². The van der Waals surface area contributed by atoms with Crippen LogP contribution in [0.4, 0.5) is 4.79 Å². The van der Waals surface area contributed by atoms with Gasteiger partial charge in [0.15, 0.2) is 0 Å². The highest BCUT2D eigenvalue weighted by atomic mass is 16.5. The Balaban J connectivity index is 3.72. The average Bonchev–Trinajstić information content (AvgIpc) is 2.39. The van der Waals surface area contributed by atoms with E-state index in [2.05, 4.69) is 9.47 Å². The molecule has 0 unspecified atom stereocenters. The zero-order valence-electron chi connectivity index (χ0n) is 10.7. The summed E-state index contributed by atoms with van der Waals surface area (Å²) in [6.45, 7) is 0.548. The Morgan fingerprint density at radius 1 is 1.06 bits per heavy atom. The molecule has 0 saturated carbocycles. The number of carbonyl (C=O) groups excluding carboxylic acids is 3. The number of amides is 1. The second-order valence-electron chi connectivity index (χ2n) is 3.27. The van der Waals surface area contributed by atoms with Gasteiger partial charge in [0.05, 0.1) is 20.8 Å². The third-order valence-electron chi connectivity index (χ3n) is 1.93. The molecule has 0 aromatic heterocycles. The van der Waals surface area contributed by atoms with Gasteiger partial charge in [-0.05, 0) is 6.42 Å². The van der Waals surface area contributed by atoms with Gasteiger partial charge in [0.1, 0.15) is 0 Å². The molecule has 0 bridgehead atoms. The van der Waals surface area contributed by atoms with Crippen molar-refractivity contribution in [2.75, 3.05) is 34.4 Å². The van der Waals surface area contributed by atoms with Crippen molar-refractivity contribution in [1.29, 1.82) is 0 Å². The minimum Gasteiger partial charge on any atom is -0.466 e. The van der Waals surface area contributed by atoms with Crippen molar-refractivity contribution in [2.45, 2.75) is 6.42 Å². The van der Waals surface area contributed by atoms with Crippen LogP contribution in [0.2, 0.25) is 0 Å². The van der Waals surface area contributed by atoms with E-state index in [-0.39, 0.29) is 6.61 Å². The number of ether oxygens (including phenoxy) is 3. The summed E-state index contributed by atoms with van der Waals surface area (Å²) in [6, 6.07) is 0. The smallest absolute Gasteiger partial charge is 0.409 e. The molecule has 0 aliphatic heterocycles. The maximum atomic E-state index is 11.1. The fourth-order valence-corrected chi connectivity index (χ4v) is 0.974. The van der Waals surface area contributed by atoms with Gasteiger partial charge in [-0.2, -0.15) is 0 Å². The van der Waals surface area contributed by atoms with Crippen molar-refractivity contribution in [2.24, 2.45) is 0 Å². The molecule has 7 nitrogen and oxygen atoms in total. The molecule has 7 heteroatoms. The highest BCUT2D eigenvalue weighted by Gasteiger charge is 2.07. The van der Waals surface area contributed by atoms with E-state index in [1.165, 1.54) is 19.1 Å².